The minimum atomic E-state index is -0.834. The normalized spacial score (nSPS) is 16.7. The van der Waals surface area contributed by atoms with Gasteiger partial charge in [0.2, 0.25) is 5.91 Å². The lowest BCUT2D eigenvalue weighted by molar-refractivity contribution is -0.130. The molecule has 2 aromatic rings. The van der Waals surface area contributed by atoms with Crippen LogP contribution >= 0.6 is 0 Å². The van der Waals surface area contributed by atoms with Crippen LogP contribution in [0.15, 0.2) is 30.3 Å². The lowest BCUT2D eigenvalue weighted by Gasteiger charge is -2.11. The van der Waals surface area contributed by atoms with Crippen LogP contribution in [-0.2, 0) is 16.1 Å². The van der Waals surface area contributed by atoms with Gasteiger partial charge in [0, 0.05) is 6.54 Å². The van der Waals surface area contributed by atoms with Gasteiger partial charge >= 0.3 is 6.03 Å². The zero-order valence-electron chi connectivity index (χ0n) is 14.3. The Labute approximate surface area is 149 Å². The number of tetrazole rings is 1. The van der Waals surface area contributed by atoms with Gasteiger partial charge in [0.05, 0.1) is 18.7 Å². The maximum absolute atomic E-state index is 12.1. The number of urea groups is 1. The first-order chi connectivity index (χ1) is 12.6. The van der Waals surface area contributed by atoms with E-state index < -0.39 is 12.1 Å². The zero-order valence-corrected chi connectivity index (χ0v) is 14.3. The SMILES string of the molecule is CCCN1C(=O)N[C@H](CC(=O)NCc2nnnn2-c2ccccc2)C1=O. The highest BCUT2D eigenvalue weighted by atomic mass is 16.2. The molecule has 4 amide bonds. The van der Waals surface area contributed by atoms with Crippen molar-refractivity contribution in [2.75, 3.05) is 6.54 Å². The van der Waals surface area contributed by atoms with E-state index in [1.807, 2.05) is 37.3 Å². The van der Waals surface area contributed by atoms with Crippen molar-refractivity contribution in [3.63, 3.8) is 0 Å². The highest BCUT2D eigenvalue weighted by Crippen LogP contribution is 2.10. The molecule has 136 valence electrons. The number of nitrogens with one attached hydrogen (secondary N) is 2. The minimum Gasteiger partial charge on any atom is -0.349 e. The number of para-hydroxylation sites is 1. The molecule has 3 rings (SSSR count). The summed E-state index contributed by atoms with van der Waals surface area (Å²) >= 11 is 0. The Hall–Kier alpha value is -3.30. The third kappa shape index (κ3) is 3.68. The molecule has 0 aliphatic carbocycles. The number of carbonyl (C=O) groups is 3. The molecular formula is C16H19N7O3. The first kappa shape index (κ1) is 17.5. The molecule has 1 saturated heterocycles. The van der Waals surface area contributed by atoms with Crippen LogP contribution in [0.3, 0.4) is 0 Å². The van der Waals surface area contributed by atoms with Crippen LogP contribution in [-0.4, -0.2) is 55.5 Å². The second-order valence-corrected chi connectivity index (χ2v) is 5.82. The fraction of sp³-hybridized carbons (Fsp3) is 0.375. The summed E-state index contributed by atoms with van der Waals surface area (Å²) < 4.78 is 1.52. The van der Waals surface area contributed by atoms with Gasteiger partial charge in [-0.05, 0) is 29.0 Å². The summed E-state index contributed by atoms with van der Waals surface area (Å²) in [6.45, 7) is 2.32. The summed E-state index contributed by atoms with van der Waals surface area (Å²) in [7, 11) is 0. The van der Waals surface area contributed by atoms with Crippen molar-refractivity contribution in [2.45, 2.75) is 32.4 Å². The van der Waals surface area contributed by atoms with E-state index >= 15 is 0 Å². The summed E-state index contributed by atoms with van der Waals surface area (Å²) in [5.41, 5.74) is 0.773. The van der Waals surface area contributed by atoms with Gasteiger partial charge in [-0.25, -0.2) is 4.79 Å². The van der Waals surface area contributed by atoms with Crippen molar-refractivity contribution in [3.8, 4) is 5.69 Å². The molecule has 1 aliphatic rings. The third-order valence-corrected chi connectivity index (χ3v) is 3.92. The van der Waals surface area contributed by atoms with Gasteiger partial charge in [-0.3, -0.25) is 14.5 Å². The second kappa shape index (κ2) is 7.72. The maximum Gasteiger partial charge on any atom is 0.324 e. The van der Waals surface area contributed by atoms with Crippen molar-refractivity contribution in [1.29, 1.82) is 0 Å². The van der Waals surface area contributed by atoms with Gasteiger partial charge in [-0.2, -0.15) is 4.68 Å². The van der Waals surface area contributed by atoms with Crippen molar-refractivity contribution >= 4 is 17.8 Å². The van der Waals surface area contributed by atoms with E-state index in [1.165, 1.54) is 4.68 Å². The molecule has 2 N–H and O–H groups in total. The molecule has 1 aliphatic heterocycles. The lowest BCUT2D eigenvalue weighted by atomic mass is 10.2. The Morgan fingerprint density at radius 3 is 2.77 bits per heavy atom. The molecule has 0 unspecified atom stereocenters. The van der Waals surface area contributed by atoms with Gasteiger partial charge in [-0.1, -0.05) is 25.1 Å². The van der Waals surface area contributed by atoms with Crippen molar-refractivity contribution < 1.29 is 14.4 Å². The first-order valence-electron chi connectivity index (χ1n) is 8.31. The zero-order chi connectivity index (χ0) is 18.5. The molecule has 1 aromatic carbocycles. The Kier molecular flexibility index (Phi) is 5.20. The average molecular weight is 357 g/mol. The van der Waals surface area contributed by atoms with E-state index in [-0.39, 0.29) is 24.8 Å². The number of benzene rings is 1. The topological polar surface area (TPSA) is 122 Å². The summed E-state index contributed by atoms with van der Waals surface area (Å²) in [6, 6.07) is 7.99. The van der Waals surface area contributed by atoms with Crippen LogP contribution in [0.1, 0.15) is 25.6 Å². The smallest absolute Gasteiger partial charge is 0.324 e. The highest BCUT2D eigenvalue weighted by Gasteiger charge is 2.38. The van der Waals surface area contributed by atoms with Gasteiger partial charge in [0.1, 0.15) is 6.04 Å². The van der Waals surface area contributed by atoms with Crippen molar-refractivity contribution in [1.82, 2.24) is 35.7 Å². The number of rotatable bonds is 7. The quantitative estimate of drug-likeness (QED) is 0.673. The molecule has 1 aromatic heterocycles. The van der Waals surface area contributed by atoms with E-state index in [9.17, 15) is 14.4 Å². The maximum atomic E-state index is 12.1. The number of nitrogens with zero attached hydrogens (tertiary/aromatic N) is 5. The molecule has 1 atom stereocenters. The molecule has 0 bridgehead atoms. The Bertz CT molecular complexity index is 805. The number of aromatic nitrogens is 4. The number of amides is 4. The third-order valence-electron chi connectivity index (χ3n) is 3.92. The Balaban J connectivity index is 1.57. The second-order valence-electron chi connectivity index (χ2n) is 5.82. The van der Waals surface area contributed by atoms with Gasteiger partial charge in [-0.15, -0.1) is 5.10 Å². The molecule has 0 saturated carbocycles. The molecule has 26 heavy (non-hydrogen) atoms. The molecule has 10 nitrogen and oxygen atoms in total. The summed E-state index contributed by atoms with van der Waals surface area (Å²) in [5, 5.41) is 16.6. The van der Waals surface area contributed by atoms with E-state index in [1.54, 1.807) is 0 Å². The first-order valence-corrected chi connectivity index (χ1v) is 8.31. The number of carbonyl (C=O) groups excluding carboxylic acids is 3. The average Bonchev–Trinajstić information content (AvgIpc) is 3.21. The van der Waals surface area contributed by atoms with Crippen molar-refractivity contribution in [3.05, 3.63) is 36.2 Å². The van der Waals surface area contributed by atoms with Crippen LogP contribution in [0.25, 0.3) is 5.69 Å². The molecule has 0 spiro atoms. The number of imide groups is 1. The van der Waals surface area contributed by atoms with Crippen LogP contribution < -0.4 is 10.6 Å². The fourth-order valence-corrected chi connectivity index (χ4v) is 2.67. The van der Waals surface area contributed by atoms with Gasteiger partial charge in [0.25, 0.3) is 5.91 Å². The summed E-state index contributed by atoms with van der Waals surface area (Å²) in [6.07, 6.45) is 0.540. The molecule has 0 radical (unpaired) electrons. The number of hydrogen-bond acceptors (Lipinski definition) is 6. The predicted molar refractivity (Wildman–Crippen MR) is 89.9 cm³/mol. The largest absolute Gasteiger partial charge is 0.349 e. The van der Waals surface area contributed by atoms with E-state index in [0.29, 0.717) is 18.8 Å². The molecule has 10 heteroatoms. The van der Waals surface area contributed by atoms with Crippen LogP contribution in [0.5, 0.6) is 0 Å². The highest BCUT2D eigenvalue weighted by molar-refractivity contribution is 6.05. The monoisotopic (exact) mass is 357 g/mol. The molecular weight excluding hydrogens is 338 g/mol. The molecule has 2 heterocycles. The summed E-state index contributed by atoms with van der Waals surface area (Å²) in [5.74, 6) is -0.287. The van der Waals surface area contributed by atoms with Crippen molar-refractivity contribution in [2.24, 2.45) is 0 Å². The van der Waals surface area contributed by atoms with E-state index in [2.05, 4.69) is 26.2 Å². The Morgan fingerprint density at radius 1 is 1.27 bits per heavy atom. The minimum absolute atomic E-state index is 0.105. The van der Waals surface area contributed by atoms with Gasteiger partial charge < -0.3 is 10.6 Å². The lowest BCUT2D eigenvalue weighted by Crippen LogP contribution is -2.36. The van der Waals surface area contributed by atoms with E-state index in [0.717, 1.165) is 10.6 Å². The predicted octanol–water partition coefficient (Wildman–Crippen LogP) is -0.001000. The number of hydrogen-bond donors (Lipinski definition) is 2. The summed E-state index contributed by atoms with van der Waals surface area (Å²) in [4.78, 5) is 37.2. The van der Waals surface area contributed by atoms with Gasteiger partial charge in [0.15, 0.2) is 5.82 Å². The fourth-order valence-electron chi connectivity index (χ4n) is 2.67. The molecule has 1 fully saturated rings. The Morgan fingerprint density at radius 2 is 2.04 bits per heavy atom. The van der Waals surface area contributed by atoms with Crippen LogP contribution in [0.4, 0.5) is 4.79 Å². The van der Waals surface area contributed by atoms with Crippen LogP contribution in [0.2, 0.25) is 0 Å². The van der Waals surface area contributed by atoms with Crippen LogP contribution in [0, 0.1) is 0 Å². The standard InChI is InChI=1S/C16H19N7O3/c1-2-8-22-15(25)12(18-16(22)26)9-14(24)17-10-13-19-20-21-23(13)11-6-4-3-5-7-11/h3-7,12H,2,8-10H2,1H3,(H,17,24)(H,18,26)/t12-/m1/s1. The van der Waals surface area contributed by atoms with E-state index in [4.69, 9.17) is 0 Å².